The summed E-state index contributed by atoms with van der Waals surface area (Å²) in [6.45, 7) is 1.10. The number of hydrogen-bond acceptors (Lipinski definition) is 3. The molecule has 1 N–H and O–H groups in total. The summed E-state index contributed by atoms with van der Waals surface area (Å²) in [6.07, 6.45) is 2.13. The Morgan fingerprint density at radius 2 is 2.09 bits per heavy atom. The summed E-state index contributed by atoms with van der Waals surface area (Å²) in [7, 11) is 0. The number of carboxylic acid groups (broad SMARTS) is 1. The van der Waals surface area contributed by atoms with E-state index < -0.39 is 6.09 Å². The number of nitrogens with zero attached hydrogens (tertiary/aromatic N) is 3. The van der Waals surface area contributed by atoms with E-state index in [1.54, 1.807) is 0 Å². The average molecular weight is 316 g/mol. The third-order valence-electron chi connectivity index (χ3n) is 3.77. The van der Waals surface area contributed by atoms with Gasteiger partial charge < -0.3 is 10.0 Å². The van der Waals surface area contributed by atoms with Gasteiger partial charge in [-0.25, -0.2) is 14.8 Å². The van der Waals surface area contributed by atoms with Gasteiger partial charge >= 0.3 is 6.09 Å². The Bertz CT molecular complexity index is 774. The van der Waals surface area contributed by atoms with E-state index in [1.807, 2.05) is 18.2 Å². The highest BCUT2D eigenvalue weighted by Gasteiger charge is 2.20. The van der Waals surface area contributed by atoms with E-state index in [1.165, 1.54) is 11.2 Å². The number of hydrogen-bond donors (Lipinski definition) is 1. The molecule has 0 spiro atoms. The zero-order valence-electron chi connectivity index (χ0n) is 11.8. The standard InChI is InChI=1S/C16H14ClN3O2/c17-15-13-9-12(3-4-14(13)18-10-19-15)2-1-11-5-7-20(8-6-11)16(21)22/h3-4,9-11H,5-8H2,(H,21,22). The summed E-state index contributed by atoms with van der Waals surface area (Å²) < 4.78 is 0. The van der Waals surface area contributed by atoms with Crippen LogP contribution in [0.25, 0.3) is 10.9 Å². The van der Waals surface area contributed by atoms with Crippen molar-refractivity contribution in [3.05, 3.63) is 35.2 Å². The van der Waals surface area contributed by atoms with Crippen molar-refractivity contribution in [1.82, 2.24) is 14.9 Å². The topological polar surface area (TPSA) is 66.3 Å². The monoisotopic (exact) mass is 315 g/mol. The molecule has 22 heavy (non-hydrogen) atoms. The average Bonchev–Trinajstić information content (AvgIpc) is 2.54. The number of aromatic nitrogens is 2. The van der Waals surface area contributed by atoms with Gasteiger partial charge in [0.05, 0.1) is 5.52 Å². The highest BCUT2D eigenvalue weighted by atomic mass is 35.5. The molecule has 0 unspecified atom stereocenters. The lowest BCUT2D eigenvalue weighted by atomic mass is 9.97. The number of halogens is 1. The number of benzene rings is 1. The maximum absolute atomic E-state index is 10.9. The molecular weight excluding hydrogens is 302 g/mol. The lowest BCUT2D eigenvalue weighted by Crippen LogP contribution is -2.37. The molecule has 1 saturated heterocycles. The molecule has 1 aromatic heterocycles. The Hall–Kier alpha value is -2.32. The fourth-order valence-corrected chi connectivity index (χ4v) is 2.70. The maximum atomic E-state index is 10.9. The predicted molar refractivity (Wildman–Crippen MR) is 83.7 cm³/mol. The van der Waals surface area contributed by atoms with Gasteiger partial charge in [0.25, 0.3) is 0 Å². The smallest absolute Gasteiger partial charge is 0.407 e. The van der Waals surface area contributed by atoms with Gasteiger partial charge in [0.2, 0.25) is 0 Å². The van der Waals surface area contributed by atoms with Gasteiger partial charge in [0.1, 0.15) is 11.5 Å². The molecule has 0 bridgehead atoms. The van der Waals surface area contributed by atoms with Gasteiger partial charge in [0, 0.05) is 30.0 Å². The molecule has 0 radical (unpaired) electrons. The maximum Gasteiger partial charge on any atom is 0.407 e. The van der Waals surface area contributed by atoms with Crippen LogP contribution in [0.5, 0.6) is 0 Å². The van der Waals surface area contributed by atoms with Gasteiger partial charge in [0.15, 0.2) is 0 Å². The summed E-state index contributed by atoms with van der Waals surface area (Å²) in [5.41, 5.74) is 1.66. The van der Waals surface area contributed by atoms with Crippen molar-refractivity contribution < 1.29 is 9.90 Å². The second-order valence-corrected chi connectivity index (χ2v) is 5.57. The van der Waals surface area contributed by atoms with Crippen molar-refractivity contribution in [2.24, 2.45) is 5.92 Å². The minimum atomic E-state index is -0.851. The molecule has 1 aliphatic heterocycles. The first kappa shape index (κ1) is 14.6. The highest BCUT2D eigenvalue weighted by Crippen LogP contribution is 2.21. The first-order chi connectivity index (χ1) is 10.6. The Morgan fingerprint density at radius 3 is 2.82 bits per heavy atom. The van der Waals surface area contributed by atoms with Crippen molar-refractivity contribution in [2.45, 2.75) is 12.8 Å². The third kappa shape index (κ3) is 3.12. The van der Waals surface area contributed by atoms with Crippen molar-refractivity contribution >= 4 is 28.6 Å². The summed E-state index contributed by atoms with van der Waals surface area (Å²) >= 11 is 6.06. The molecule has 2 aromatic rings. The Morgan fingerprint density at radius 1 is 1.32 bits per heavy atom. The van der Waals surface area contributed by atoms with E-state index in [4.69, 9.17) is 16.7 Å². The zero-order valence-corrected chi connectivity index (χ0v) is 12.5. The van der Waals surface area contributed by atoms with Crippen molar-refractivity contribution in [3.8, 4) is 11.8 Å². The molecule has 0 aliphatic carbocycles. The van der Waals surface area contributed by atoms with E-state index in [0.29, 0.717) is 18.2 Å². The van der Waals surface area contributed by atoms with Crippen LogP contribution in [-0.4, -0.2) is 39.2 Å². The molecule has 1 fully saturated rings. The molecular formula is C16H14ClN3O2. The Balaban J connectivity index is 1.75. The number of fused-ring (bicyclic) bond motifs is 1. The van der Waals surface area contributed by atoms with Crippen LogP contribution in [0.3, 0.4) is 0 Å². The lowest BCUT2D eigenvalue weighted by molar-refractivity contribution is 0.130. The fraction of sp³-hybridized carbons (Fsp3) is 0.312. The molecule has 0 saturated carbocycles. The summed E-state index contributed by atoms with van der Waals surface area (Å²) in [4.78, 5) is 20.4. The predicted octanol–water partition coefficient (Wildman–Crippen LogP) is 3.02. The van der Waals surface area contributed by atoms with Crippen LogP contribution in [0.15, 0.2) is 24.5 Å². The zero-order chi connectivity index (χ0) is 15.5. The van der Waals surface area contributed by atoms with Crippen LogP contribution in [0.1, 0.15) is 18.4 Å². The van der Waals surface area contributed by atoms with Gasteiger partial charge in [-0.05, 0) is 31.0 Å². The number of amides is 1. The van der Waals surface area contributed by atoms with E-state index in [2.05, 4.69) is 21.8 Å². The largest absolute Gasteiger partial charge is 0.465 e. The molecule has 2 heterocycles. The lowest BCUT2D eigenvalue weighted by Gasteiger charge is -2.27. The molecule has 6 heteroatoms. The van der Waals surface area contributed by atoms with Gasteiger partial charge in [-0.2, -0.15) is 0 Å². The first-order valence-corrected chi connectivity index (χ1v) is 7.41. The van der Waals surface area contributed by atoms with Crippen molar-refractivity contribution in [3.63, 3.8) is 0 Å². The van der Waals surface area contributed by atoms with Crippen LogP contribution < -0.4 is 0 Å². The van der Waals surface area contributed by atoms with E-state index in [9.17, 15) is 4.79 Å². The number of carbonyl (C=O) groups is 1. The Labute approximate surface area is 132 Å². The molecule has 112 valence electrons. The quantitative estimate of drug-likeness (QED) is 0.599. The summed E-state index contributed by atoms with van der Waals surface area (Å²) in [6, 6.07) is 5.67. The number of likely N-dealkylation sites (tertiary alicyclic amines) is 1. The van der Waals surface area contributed by atoms with Crippen LogP contribution in [0, 0.1) is 17.8 Å². The summed E-state index contributed by atoms with van der Waals surface area (Å²) in [5.74, 6) is 6.61. The SMILES string of the molecule is O=C(O)N1CCC(C#Cc2ccc3ncnc(Cl)c3c2)CC1. The van der Waals surface area contributed by atoms with E-state index in [0.717, 1.165) is 29.3 Å². The number of piperidine rings is 1. The minimum Gasteiger partial charge on any atom is -0.465 e. The molecule has 1 amide bonds. The molecule has 0 atom stereocenters. The van der Waals surface area contributed by atoms with Crippen LogP contribution in [-0.2, 0) is 0 Å². The number of rotatable bonds is 0. The van der Waals surface area contributed by atoms with E-state index >= 15 is 0 Å². The normalized spacial score (nSPS) is 15.4. The highest BCUT2D eigenvalue weighted by molar-refractivity contribution is 6.34. The van der Waals surface area contributed by atoms with Crippen LogP contribution in [0.4, 0.5) is 4.79 Å². The third-order valence-corrected chi connectivity index (χ3v) is 4.07. The van der Waals surface area contributed by atoms with E-state index in [-0.39, 0.29) is 5.92 Å². The van der Waals surface area contributed by atoms with Crippen molar-refractivity contribution in [2.75, 3.05) is 13.1 Å². The Kier molecular flexibility index (Phi) is 4.12. The molecule has 5 nitrogen and oxygen atoms in total. The second-order valence-electron chi connectivity index (χ2n) is 5.21. The minimum absolute atomic E-state index is 0.230. The van der Waals surface area contributed by atoms with Gasteiger partial charge in [-0.1, -0.05) is 23.4 Å². The first-order valence-electron chi connectivity index (χ1n) is 7.03. The molecule has 3 rings (SSSR count). The van der Waals surface area contributed by atoms with Crippen molar-refractivity contribution in [1.29, 1.82) is 0 Å². The molecule has 1 aromatic carbocycles. The fourth-order valence-electron chi connectivity index (χ4n) is 2.50. The molecule has 1 aliphatic rings. The van der Waals surface area contributed by atoms with Crippen LogP contribution >= 0.6 is 11.6 Å². The van der Waals surface area contributed by atoms with Gasteiger partial charge in [-0.15, -0.1) is 0 Å². The summed E-state index contributed by atoms with van der Waals surface area (Å²) in [5, 5.41) is 10.1. The van der Waals surface area contributed by atoms with Crippen LogP contribution in [0.2, 0.25) is 5.15 Å². The van der Waals surface area contributed by atoms with Gasteiger partial charge in [-0.3, -0.25) is 0 Å². The second kappa shape index (κ2) is 6.20.